The van der Waals surface area contributed by atoms with E-state index in [0.29, 0.717) is 0 Å². The van der Waals surface area contributed by atoms with E-state index in [4.69, 9.17) is 0 Å². The molecular formula is C12H14N2O2S. The molecule has 0 aliphatic carbocycles. The highest BCUT2D eigenvalue weighted by atomic mass is 32.2. The maximum Gasteiger partial charge on any atom is 0.326 e. The molecule has 3 rings (SSSR count). The second-order valence-electron chi connectivity index (χ2n) is 4.37. The fourth-order valence-electron chi connectivity index (χ4n) is 2.40. The SMILES string of the molecule is O=c1[nH]c2ccc(O)cc2n1C1CCCSC1. The first-order chi connectivity index (χ1) is 8.25. The summed E-state index contributed by atoms with van der Waals surface area (Å²) in [4.78, 5) is 14.8. The first-order valence-electron chi connectivity index (χ1n) is 5.77. The maximum absolute atomic E-state index is 12.0. The Morgan fingerprint density at radius 1 is 1.47 bits per heavy atom. The van der Waals surface area contributed by atoms with Gasteiger partial charge < -0.3 is 10.1 Å². The molecule has 1 unspecified atom stereocenters. The minimum atomic E-state index is -0.0712. The van der Waals surface area contributed by atoms with E-state index in [1.807, 2.05) is 11.8 Å². The molecule has 2 heterocycles. The number of phenolic OH excluding ortho intramolecular Hbond substituents is 1. The van der Waals surface area contributed by atoms with Gasteiger partial charge in [-0.25, -0.2) is 4.79 Å². The fourth-order valence-corrected chi connectivity index (χ4v) is 3.53. The van der Waals surface area contributed by atoms with Crippen LogP contribution in [-0.4, -0.2) is 26.2 Å². The first-order valence-corrected chi connectivity index (χ1v) is 6.92. The highest BCUT2D eigenvalue weighted by molar-refractivity contribution is 7.99. The Bertz CT molecular complexity index is 596. The van der Waals surface area contributed by atoms with Gasteiger partial charge in [0.1, 0.15) is 5.75 Å². The zero-order valence-electron chi connectivity index (χ0n) is 9.35. The van der Waals surface area contributed by atoms with E-state index in [1.165, 1.54) is 5.75 Å². The molecule has 0 bridgehead atoms. The van der Waals surface area contributed by atoms with Crippen molar-refractivity contribution in [3.63, 3.8) is 0 Å². The normalized spacial score (nSPS) is 20.8. The van der Waals surface area contributed by atoms with Crippen molar-refractivity contribution in [2.24, 2.45) is 0 Å². The van der Waals surface area contributed by atoms with Gasteiger partial charge in [-0.05, 0) is 30.7 Å². The van der Waals surface area contributed by atoms with Crippen LogP contribution < -0.4 is 5.69 Å². The van der Waals surface area contributed by atoms with E-state index in [-0.39, 0.29) is 17.5 Å². The number of hydrogen-bond donors (Lipinski definition) is 2. The molecule has 2 N–H and O–H groups in total. The second kappa shape index (κ2) is 4.14. The molecule has 1 aromatic heterocycles. The molecule has 1 atom stereocenters. The molecule has 0 saturated carbocycles. The number of nitrogens with zero attached hydrogens (tertiary/aromatic N) is 1. The molecule has 1 aliphatic rings. The number of imidazole rings is 1. The average Bonchev–Trinajstić information content (AvgIpc) is 2.65. The molecule has 1 saturated heterocycles. The van der Waals surface area contributed by atoms with Crippen LogP contribution in [-0.2, 0) is 0 Å². The van der Waals surface area contributed by atoms with Crippen LogP contribution in [0.3, 0.4) is 0 Å². The molecule has 1 aromatic carbocycles. The van der Waals surface area contributed by atoms with E-state index in [0.717, 1.165) is 29.6 Å². The molecular weight excluding hydrogens is 236 g/mol. The van der Waals surface area contributed by atoms with Gasteiger partial charge in [0.2, 0.25) is 0 Å². The number of nitrogens with one attached hydrogen (secondary N) is 1. The Morgan fingerprint density at radius 3 is 3.12 bits per heavy atom. The van der Waals surface area contributed by atoms with E-state index in [1.54, 1.807) is 22.8 Å². The number of aromatic hydroxyl groups is 1. The minimum absolute atomic E-state index is 0.0712. The molecule has 5 heteroatoms. The molecule has 17 heavy (non-hydrogen) atoms. The maximum atomic E-state index is 12.0. The standard InChI is InChI=1S/C12H14N2O2S/c15-9-3-4-10-11(6-9)14(12(16)13-10)8-2-1-5-17-7-8/h3-4,6,8,15H,1-2,5,7H2,(H,13,16). The Balaban J connectivity index is 2.16. The summed E-state index contributed by atoms with van der Waals surface area (Å²) >= 11 is 1.89. The summed E-state index contributed by atoms with van der Waals surface area (Å²) in [5.74, 6) is 2.36. The molecule has 2 aromatic rings. The van der Waals surface area contributed by atoms with Crippen molar-refractivity contribution in [1.29, 1.82) is 0 Å². The summed E-state index contributed by atoms with van der Waals surface area (Å²) in [5, 5.41) is 9.53. The van der Waals surface area contributed by atoms with Gasteiger partial charge in [0.25, 0.3) is 0 Å². The van der Waals surface area contributed by atoms with Crippen LogP contribution in [0.1, 0.15) is 18.9 Å². The highest BCUT2D eigenvalue weighted by Crippen LogP contribution is 2.29. The zero-order valence-corrected chi connectivity index (χ0v) is 10.2. The van der Waals surface area contributed by atoms with Gasteiger partial charge in [0.15, 0.2) is 0 Å². The smallest absolute Gasteiger partial charge is 0.326 e. The third-order valence-corrected chi connectivity index (χ3v) is 4.40. The van der Waals surface area contributed by atoms with Crippen LogP contribution in [0.4, 0.5) is 0 Å². The number of aromatic amines is 1. The van der Waals surface area contributed by atoms with Crippen molar-refractivity contribution in [3.8, 4) is 5.75 Å². The number of thioether (sulfide) groups is 1. The number of H-pyrrole nitrogens is 1. The Morgan fingerprint density at radius 2 is 2.35 bits per heavy atom. The van der Waals surface area contributed by atoms with Crippen molar-refractivity contribution in [3.05, 3.63) is 28.7 Å². The molecule has 4 nitrogen and oxygen atoms in total. The van der Waals surface area contributed by atoms with E-state index in [9.17, 15) is 9.90 Å². The van der Waals surface area contributed by atoms with Gasteiger partial charge >= 0.3 is 5.69 Å². The molecule has 90 valence electrons. The number of aromatic nitrogens is 2. The number of hydrogen-bond acceptors (Lipinski definition) is 3. The Hall–Kier alpha value is -1.36. The van der Waals surface area contributed by atoms with Crippen LogP contribution in [0.15, 0.2) is 23.0 Å². The van der Waals surface area contributed by atoms with Crippen LogP contribution in [0.25, 0.3) is 11.0 Å². The summed E-state index contributed by atoms with van der Waals surface area (Å²) in [6, 6.07) is 5.25. The minimum Gasteiger partial charge on any atom is -0.508 e. The van der Waals surface area contributed by atoms with Crippen molar-refractivity contribution < 1.29 is 5.11 Å². The Labute approximate surface area is 103 Å². The van der Waals surface area contributed by atoms with Crippen LogP contribution in [0.5, 0.6) is 5.75 Å². The molecule has 0 spiro atoms. The van der Waals surface area contributed by atoms with E-state index >= 15 is 0 Å². The molecule has 0 amide bonds. The van der Waals surface area contributed by atoms with Crippen LogP contribution in [0, 0.1) is 0 Å². The van der Waals surface area contributed by atoms with Gasteiger partial charge in [-0.3, -0.25) is 4.57 Å². The summed E-state index contributed by atoms with van der Waals surface area (Å²) in [7, 11) is 0. The number of fused-ring (bicyclic) bond motifs is 1. The quantitative estimate of drug-likeness (QED) is 0.815. The van der Waals surface area contributed by atoms with Gasteiger partial charge in [0, 0.05) is 17.9 Å². The summed E-state index contributed by atoms with van der Waals surface area (Å²) in [6.45, 7) is 0. The lowest BCUT2D eigenvalue weighted by Crippen LogP contribution is -2.25. The van der Waals surface area contributed by atoms with Crippen molar-refractivity contribution in [2.45, 2.75) is 18.9 Å². The molecule has 1 aliphatic heterocycles. The predicted molar refractivity (Wildman–Crippen MR) is 69.8 cm³/mol. The van der Waals surface area contributed by atoms with Crippen LogP contribution in [0.2, 0.25) is 0 Å². The average molecular weight is 250 g/mol. The summed E-state index contributed by atoms with van der Waals surface area (Å²) < 4.78 is 1.79. The van der Waals surface area contributed by atoms with Crippen molar-refractivity contribution >= 4 is 22.8 Å². The number of phenols is 1. The first kappa shape index (κ1) is 10.8. The lowest BCUT2D eigenvalue weighted by atomic mass is 10.1. The Kier molecular flexibility index (Phi) is 2.63. The molecule has 0 radical (unpaired) electrons. The summed E-state index contributed by atoms with van der Waals surface area (Å²) in [5.41, 5.74) is 1.53. The van der Waals surface area contributed by atoms with Gasteiger partial charge in [-0.2, -0.15) is 11.8 Å². The lowest BCUT2D eigenvalue weighted by molar-refractivity contribution is 0.473. The molecule has 1 fully saturated rings. The predicted octanol–water partition coefficient (Wildman–Crippen LogP) is 2.10. The van der Waals surface area contributed by atoms with E-state index in [2.05, 4.69) is 4.98 Å². The lowest BCUT2D eigenvalue weighted by Gasteiger charge is -2.22. The summed E-state index contributed by atoms with van der Waals surface area (Å²) in [6.07, 6.45) is 2.18. The monoisotopic (exact) mass is 250 g/mol. The van der Waals surface area contributed by atoms with Gasteiger partial charge in [-0.1, -0.05) is 0 Å². The fraction of sp³-hybridized carbons (Fsp3) is 0.417. The second-order valence-corrected chi connectivity index (χ2v) is 5.52. The van der Waals surface area contributed by atoms with Crippen molar-refractivity contribution in [1.82, 2.24) is 9.55 Å². The largest absolute Gasteiger partial charge is 0.508 e. The number of benzene rings is 1. The third kappa shape index (κ3) is 1.84. The van der Waals surface area contributed by atoms with Crippen LogP contribution >= 0.6 is 11.8 Å². The zero-order chi connectivity index (χ0) is 11.8. The highest BCUT2D eigenvalue weighted by Gasteiger charge is 2.20. The number of rotatable bonds is 1. The van der Waals surface area contributed by atoms with Gasteiger partial charge in [-0.15, -0.1) is 0 Å². The third-order valence-electron chi connectivity index (χ3n) is 3.20. The van der Waals surface area contributed by atoms with Crippen molar-refractivity contribution in [2.75, 3.05) is 11.5 Å². The van der Waals surface area contributed by atoms with E-state index < -0.39 is 0 Å². The topological polar surface area (TPSA) is 58.0 Å². The van der Waals surface area contributed by atoms with Gasteiger partial charge in [0.05, 0.1) is 11.0 Å².